The zero-order valence-electron chi connectivity index (χ0n) is 18.3. The first-order chi connectivity index (χ1) is 15.7. The second kappa shape index (κ2) is 8.88. The van der Waals surface area contributed by atoms with Crippen molar-refractivity contribution in [2.75, 3.05) is 19.6 Å². The zero-order chi connectivity index (χ0) is 21.9. The first-order valence-electron chi connectivity index (χ1n) is 11.0. The number of piperidine rings is 1. The Morgan fingerprint density at radius 1 is 1.19 bits per heavy atom. The Morgan fingerprint density at radius 2 is 2.06 bits per heavy atom. The topological polar surface area (TPSA) is 85.9 Å². The Bertz CT molecular complexity index is 1290. The molecule has 0 amide bonds. The molecule has 162 valence electrons. The molecule has 0 saturated carbocycles. The van der Waals surface area contributed by atoms with Crippen LogP contribution in [0.15, 0.2) is 59.6 Å². The number of hydrogen-bond donors (Lipinski definition) is 2. The fraction of sp³-hybridized carbons (Fsp3) is 0.280. The number of fused-ring (bicyclic) bond motifs is 2. The lowest BCUT2D eigenvalue weighted by molar-refractivity contribution is 0.246. The van der Waals surface area contributed by atoms with E-state index in [9.17, 15) is 0 Å². The molecule has 4 aromatic heterocycles. The summed E-state index contributed by atoms with van der Waals surface area (Å²) in [6.45, 7) is 9.16. The Morgan fingerprint density at radius 3 is 2.88 bits per heavy atom. The van der Waals surface area contributed by atoms with Crippen molar-refractivity contribution < 1.29 is 0 Å². The van der Waals surface area contributed by atoms with Crippen LogP contribution in [0.2, 0.25) is 0 Å². The van der Waals surface area contributed by atoms with E-state index in [1.165, 1.54) is 37.9 Å². The van der Waals surface area contributed by atoms with Crippen LogP contribution in [0, 0.1) is 0 Å². The lowest BCUT2D eigenvalue weighted by Crippen LogP contribution is -2.31. The van der Waals surface area contributed by atoms with E-state index in [2.05, 4.69) is 66.9 Å². The molecule has 32 heavy (non-hydrogen) atoms. The van der Waals surface area contributed by atoms with Crippen molar-refractivity contribution in [1.29, 1.82) is 0 Å². The Labute approximate surface area is 187 Å². The van der Waals surface area contributed by atoms with Gasteiger partial charge in [-0.05, 0) is 57.8 Å². The quantitative estimate of drug-likeness (QED) is 0.337. The van der Waals surface area contributed by atoms with E-state index in [-0.39, 0.29) is 0 Å². The van der Waals surface area contributed by atoms with Gasteiger partial charge in [0.25, 0.3) is 0 Å². The summed E-state index contributed by atoms with van der Waals surface area (Å²) in [5, 5.41) is 9.76. The van der Waals surface area contributed by atoms with Crippen LogP contribution < -0.4 is 0 Å². The minimum atomic E-state index is 0.850. The summed E-state index contributed by atoms with van der Waals surface area (Å²) in [6.07, 6.45) is 13.3. The van der Waals surface area contributed by atoms with E-state index in [0.29, 0.717) is 0 Å². The molecule has 0 bridgehead atoms. The SMILES string of the molecule is C=N/C=C(\C=C(/C)CN1CCCCC1)c1cc2c(-c3cc4ccncc4[nH]3)n[nH]c2cn1. The van der Waals surface area contributed by atoms with Crippen molar-refractivity contribution in [3.05, 3.63) is 60.3 Å². The van der Waals surface area contributed by atoms with E-state index in [1.807, 2.05) is 18.5 Å². The fourth-order valence-corrected chi connectivity index (χ4v) is 4.44. The smallest absolute Gasteiger partial charge is 0.116 e. The molecule has 1 aliphatic rings. The molecule has 0 radical (unpaired) electrons. The van der Waals surface area contributed by atoms with Gasteiger partial charge in [-0.3, -0.25) is 25.0 Å². The summed E-state index contributed by atoms with van der Waals surface area (Å²) in [7, 11) is 0. The number of likely N-dealkylation sites (tertiary alicyclic amines) is 1. The van der Waals surface area contributed by atoms with Gasteiger partial charge in [0.2, 0.25) is 0 Å². The number of H-pyrrole nitrogens is 2. The molecule has 1 fully saturated rings. The first-order valence-corrected chi connectivity index (χ1v) is 11.0. The molecular weight excluding hydrogens is 398 g/mol. The average Bonchev–Trinajstić information content (AvgIpc) is 3.43. The Balaban J connectivity index is 1.49. The highest BCUT2D eigenvalue weighted by Crippen LogP contribution is 2.30. The standard InChI is InChI=1S/C25H27N7/c1-17(16-32-8-4-3-5-9-32)10-19(13-26-2)21-12-20-24(15-28-21)30-31-25(20)22-11-18-6-7-27-14-23(18)29-22/h6-7,10-15,29H,2-5,8-9,16H2,1H3,(H,30,31)/b17-10+,19-13+. The van der Waals surface area contributed by atoms with Gasteiger partial charge in [0.1, 0.15) is 5.69 Å². The molecule has 5 heterocycles. The monoisotopic (exact) mass is 425 g/mol. The van der Waals surface area contributed by atoms with Crippen LogP contribution >= 0.6 is 0 Å². The number of aromatic nitrogens is 5. The number of aliphatic imine (C=N–C) groups is 1. The molecule has 0 aliphatic carbocycles. The molecule has 0 aromatic carbocycles. The van der Waals surface area contributed by atoms with Gasteiger partial charge in [0.05, 0.1) is 34.8 Å². The van der Waals surface area contributed by atoms with Gasteiger partial charge < -0.3 is 4.98 Å². The van der Waals surface area contributed by atoms with Crippen molar-refractivity contribution >= 4 is 34.1 Å². The van der Waals surface area contributed by atoms with Gasteiger partial charge in [-0.2, -0.15) is 5.10 Å². The second-order valence-corrected chi connectivity index (χ2v) is 8.43. The second-order valence-electron chi connectivity index (χ2n) is 8.43. The highest BCUT2D eigenvalue weighted by molar-refractivity contribution is 5.96. The van der Waals surface area contributed by atoms with Gasteiger partial charge in [0, 0.05) is 35.3 Å². The lowest BCUT2D eigenvalue weighted by Gasteiger charge is -2.26. The molecular formula is C25H27N7. The zero-order valence-corrected chi connectivity index (χ0v) is 18.3. The maximum absolute atomic E-state index is 4.67. The summed E-state index contributed by atoms with van der Waals surface area (Å²) in [6, 6.07) is 6.15. The van der Waals surface area contributed by atoms with E-state index in [4.69, 9.17) is 0 Å². The molecule has 5 rings (SSSR count). The van der Waals surface area contributed by atoms with Gasteiger partial charge >= 0.3 is 0 Å². The molecule has 0 unspecified atom stereocenters. The van der Waals surface area contributed by atoms with Crippen LogP contribution in [-0.2, 0) is 0 Å². The highest BCUT2D eigenvalue weighted by atomic mass is 15.1. The van der Waals surface area contributed by atoms with E-state index in [1.54, 1.807) is 12.4 Å². The number of nitrogens with one attached hydrogen (secondary N) is 2. The highest BCUT2D eigenvalue weighted by Gasteiger charge is 2.14. The third-order valence-corrected chi connectivity index (χ3v) is 5.98. The number of allylic oxidation sites excluding steroid dienone is 2. The normalized spacial score (nSPS) is 16.2. The number of aromatic amines is 2. The van der Waals surface area contributed by atoms with Crippen LogP contribution in [-0.4, -0.2) is 56.4 Å². The largest absolute Gasteiger partial charge is 0.352 e. The summed E-state index contributed by atoms with van der Waals surface area (Å²) < 4.78 is 0. The maximum Gasteiger partial charge on any atom is 0.116 e. The third kappa shape index (κ3) is 4.11. The number of pyridine rings is 2. The van der Waals surface area contributed by atoms with Crippen molar-refractivity contribution in [2.24, 2.45) is 4.99 Å². The van der Waals surface area contributed by atoms with Crippen LogP contribution in [0.3, 0.4) is 0 Å². The summed E-state index contributed by atoms with van der Waals surface area (Å²) in [5.41, 5.74) is 6.77. The molecule has 0 atom stereocenters. The minimum absolute atomic E-state index is 0.850. The average molecular weight is 426 g/mol. The molecule has 0 spiro atoms. The van der Waals surface area contributed by atoms with Gasteiger partial charge in [-0.1, -0.05) is 18.1 Å². The minimum Gasteiger partial charge on any atom is -0.352 e. The van der Waals surface area contributed by atoms with Crippen LogP contribution in [0.5, 0.6) is 0 Å². The van der Waals surface area contributed by atoms with Gasteiger partial charge in [-0.15, -0.1) is 0 Å². The van der Waals surface area contributed by atoms with E-state index in [0.717, 1.165) is 51.0 Å². The molecule has 7 heteroatoms. The van der Waals surface area contributed by atoms with E-state index < -0.39 is 0 Å². The molecule has 7 nitrogen and oxygen atoms in total. The summed E-state index contributed by atoms with van der Waals surface area (Å²) in [4.78, 5) is 18.8. The third-order valence-electron chi connectivity index (χ3n) is 5.98. The van der Waals surface area contributed by atoms with E-state index >= 15 is 0 Å². The van der Waals surface area contributed by atoms with Gasteiger partial charge in [0.15, 0.2) is 0 Å². The molecule has 4 aromatic rings. The van der Waals surface area contributed by atoms with Crippen LogP contribution in [0.25, 0.3) is 38.8 Å². The maximum atomic E-state index is 4.67. The number of rotatable bonds is 6. The summed E-state index contributed by atoms with van der Waals surface area (Å²) >= 11 is 0. The predicted octanol–water partition coefficient (Wildman–Crippen LogP) is 4.97. The lowest BCUT2D eigenvalue weighted by atomic mass is 10.1. The van der Waals surface area contributed by atoms with Crippen molar-refractivity contribution in [1.82, 2.24) is 30.0 Å². The van der Waals surface area contributed by atoms with Crippen LogP contribution in [0.1, 0.15) is 31.9 Å². The van der Waals surface area contributed by atoms with Crippen molar-refractivity contribution in [3.63, 3.8) is 0 Å². The first kappa shape index (κ1) is 20.3. The molecule has 1 saturated heterocycles. The van der Waals surface area contributed by atoms with Crippen molar-refractivity contribution in [3.8, 4) is 11.4 Å². The van der Waals surface area contributed by atoms with Gasteiger partial charge in [-0.25, -0.2) is 0 Å². The van der Waals surface area contributed by atoms with Crippen LogP contribution in [0.4, 0.5) is 0 Å². The molecule has 1 aliphatic heterocycles. The number of nitrogens with zero attached hydrogens (tertiary/aromatic N) is 5. The Kier molecular flexibility index (Phi) is 5.64. The molecule has 2 N–H and O–H groups in total. The van der Waals surface area contributed by atoms with Crippen molar-refractivity contribution in [2.45, 2.75) is 26.2 Å². The fourth-order valence-electron chi connectivity index (χ4n) is 4.44. The predicted molar refractivity (Wildman–Crippen MR) is 131 cm³/mol. The number of hydrogen-bond acceptors (Lipinski definition) is 5. The Hall–Kier alpha value is -3.58. The summed E-state index contributed by atoms with van der Waals surface area (Å²) in [5.74, 6) is 0.